The summed E-state index contributed by atoms with van der Waals surface area (Å²) in [5, 5.41) is 0.226. The molecule has 0 amide bonds. The maximum Gasteiger partial charge on any atom is 0.244 e. The molecule has 1 atom stereocenters. The molecule has 1 fully saturated rings. The Balaban J connectivity index is 2.42. The summed E-state index contributed by atoms with van der Waals surface area (Å²) in [4.78, 5) is 0.143. The Kier molecular flexibility index (Phi) is 4.60. The Bertz CT molecular complexity index is 550. The maximum absolute atomic E-state index is 12.5. The Hall–Kier alpha value is 0.190. The van der Waals surface area contributed by atoms with Crippen LogP contribution in [0.4, 0.5) is 0 Å². The molecule has 0 radical (unpaired) electrons. The van der Waals surface area contributed by atoms with Gasteiger partial charge in [0.2, 0.25) is 10.0 Å². The van der Waals surface area contributed by atoms with Crippen LogP contribution in [0.3, 0.4) is 0 Å². The Morgan fingerprint density at radius 2 is 2.17 bits per heavy atom. The monoisotopic (exact) mass is 371 g/mol. The fourth-order valence-electron chi connectivity index (χ4n) is 2.09. The van der Waals surface area contributed by atoms with Crippen molar-refractivity contribution in [3.8, 4) is 0 Å². The van der Waals surface area contributed by atoms with Crippen molar-refractivity contribution in [2.24, 2.45) is 0 Å². The molecule has 1 heterocycles. The lowest BCUT2D eigenvalue weighted by Gasteiger charge is -2.22. The minimum Gasteiger partial charge on any atom is -0.207 e. The van der Waals surface area contributed by atoms with Crippen molar-refractivity contribution in [2.75, 3.05) is 12.4 Å². The second-order valence-corrected chi connectivity index (χ2v) is 7.63. The minimum absolute atomic E-state index is 0.128. The van der Waals surface area contributed by atoms with Crippen LogP contribution in [0.15, 0.2) is 27.6 Å². The van der Waals surface area contributed by atoms with Gasteiger partial charge in [-0.3, -0.25) is 0 Å². The summed E-state index contributed by atoms with van der Waals surface area (Å²) in [6.45, 7) is 0.506. The van der Waals surface area contributed by atoms with E-state index in [4.69, 9.17) is 23.2 Å². The first-order chi connectivity index (χ1) is 8.46. The molecule has 0 saturated carbocycles. The second-order valence-electron chi connectivity index (χ2n) is 4.14. The SMILES string of the molecule is O=S(=O)(c1ccc(Br)cc1Cl)N1CCCC1CCl. The first kappa shape index (κ1) is 14.6. The van der Waals surface area contributed by atoms with Crippen molar-refractivity contribution in [2.45, 2.75) is 23.8 Å². The van der Waals surface area contributed by atoms with E-state index < -0.39 is 10.0 Å². The van der Waals surface area contributed by atoms with E-state index in [1.807, 2.05) is 0 Å². The number of hydrogen-bond donors (Lipinski definition) is 0. The highest BCUT2D eigenvalue weighted by Gasteiger charge is 2.35. The van der Waals surface area contributed by atoms with Gasteiger partial charge in [0.1, 0.15) is 4.90 Å². The molecule has 0 N–H and O–H groups in total. The molecule has 1 aliphatic heterocycles. The number of sulfonamides is 1. The van der Waals surface area contributed by atoms with E-state index >= 15 is 0 Å². The van der Waals surface area contributed by atoms with Crippen molar-refractivity contribution >= 4 is 49.2 Å². The highest BCUT2D eigenvalue weighted by molar-refractivity contribution is 9.10. The number of nitrogens with zero attached hydrogens (tertiary/aromatic N) is 1. The Morgan fingerprint density at radius 1 is 1.44 bits per heavy atom. The van der Waals surface area contributed by atoms with E-state index in [2.05, 4.69) is 15.9 Å². The van der Waals surface area contributed by atoms with Crippen molar-refractivity contribution in [3.05, 3.63) is 27.7 Å². The van der Waals surface area contributed by atoms with E-state index in [1.54, 1.807) is 12.1 Å². The Labute approximate surface area is 125 Å². The molecule has 1 aromatic rings. The van der Waals surface area contributed by atoms with E-state index in [-0.39, 0.29) is 16.0 Å². The van der Waals surface area contributed by atoms with Gasteiger partial charge in [-0.1, -0.05) is 27.5 Å². The summed E-state index contributed by atoms with van der Waals surface area (Å²) in [5.74, 6) is 0.313. The van der Waals surface area contributed by atoms with E-state index in [0.717, 1.165) is 17.3 Å². The summed E-state index contributed by atoms with van der Waals surface area (Å²) in [7, 11) is -3.55. The molecule has 7 heteroatoms. The van der Waals surface area contributed by atoms with Crippen LogP contribution in [0.1, 0.15) is 12.8 Å². The van der Waals surface area contributed by atoms with Crippen LogP contribution in [-0.2, 0) is 10.0 Å². The van der Waals surface area contributed by atoms with Crippen LogP contribution in [-0.4, -0.2) is 31.2 Å². The second kappa shape index (κ2) is 5.67. The Morgan fingerprint density at radius 3 is 2.78 bits per heavy atom. The van der Waals surface area contributed by atoms with Crippen LogP contribution < -0.4 is 0 Å². The van der Waals surface area contributed by atoms with Gasteiger partial charge in [-0.05, 0) is 31.0 Å². The number of hydrogen-bond acceptors (Lipinski definition) is 2. The number of halogens is 3. The van der Waals surface area contributed by atoms with E-state index in [1.165, 1.54) is 10.4 Å². The van der Waals surface area contributed by atoms with Crippen LogP contribution in [0.25, 0.3) is 0 Å². The van der Waals surface area contributed by atoms with Gasteiger partial charge >= 0.3 is 0 Å². The van der Waals surface area contributed by atoms with Crippen molar-refractivity contribution in [1.82, 2.24) is 4.31 Å². The molecule has 0 aliphatic carbocycles. The predicted molar refractivity (Wildman–Crippen MR) is 76.8 cm³/mol. The maximum atomic E-state index is 12.5. The number of benzene rings is 1. The zero-order valence-electron chi connectivity index (χ0n) is 9.44. The number of rotatable bonds is 3. The normalized spacial score (nSPS) is 21.4. The van der Waals surface area contributed by atoms with Crippen LogP contribution in [0.5, 0.6) is 0 Å². The molecule has 1 aromatic carbocycles. The average Bonchev–Trinajstić information content (AvgIpc) is 2.76. The molecular weight excluding hydrogens is 361 g/mol. The van der Waals surface area contributed by atoms with Crippen molar-refractivity contribution in [3.63, 3.8) is 0 Å². The lowest BCUT2D eigenvalue weighted by atomic mass is 10.3. The van der Waals surface area contributed by atoms with Gasteiger partial charge < -0.3 is 0 Å². The molecule has 18 heavy (non-hydrogen) atoms. The highest BCUT2D eigenvalue weighted by atomic mass is 79.9. The van der Waals surface area contributed by atoms with Gasteiger partial charge in [0.05, 0.1) is 5.02 Å². The third kappa shape index (κ3) is 2.70. The zero-order chi connectivity index (χ0) is 13.3. The van der Waals surface area contributed by atoms with Crippen LogP contribution >= 0.6 is 39.1 Å². The predicted octanol–water partition coefficient (Wildman–Crippen LogP) is 3.49. The standard InChI is InChI=1S/C11H12BrCl2NO2S/c12-8-3-4-11(10(14)6-8)18(16,17)15-5-1-2-9(15)7-13/h3-4,6,9H,1-2,5,7H2. The van der Waals surface area contributed by atoms with Crippen LogP contribution in [0.2, 0.25) is 5.02 Å². The van der Waals surface area contributed by atoms with Gasteiger partial charge in [0.25, 0.3) is 0 Å². The molecule has 2 rings (SSSR count). The van der Waals surface area contributed by atoms with Gasteiger partial charge in [0, 0.05) is 22.9 Å². The highest BCUT2D eigenvalue weighted by Crippen LogP contribution is 2.32. The zero-order valence-corrected chi connectivity index (χ0v) is 13.4. The van der Waals surface area contributed by atoms with Crippen molar-refractivity contribution < 1.29 is 8.42 Å². The summed E-state index contributed by atoms with van der Waals surface area (Å²) >= 11 is 15.1. The molecule has 1 saturated heterocycles. The van der Waals surface area contributed by atoms with Crippen molar-refractivity contribution in [1.29, 1.82) is 0 Å². The molecule has 0 aromatic heterocycles. The third-order valence-electron chi connectivity index (χ3n) is 2.98. The third-order valence-corrected chi connectivity index (χ3v) is 6.27. The first-order valence-electron chi connectivity index (χ1n) is 5.49. The smallest absolute Gasteiger partial charge is 0.207 e. The summed E-state index contributed by atoms with van der Waals surface area (Å²) < 4.78 is 27.2. The molecule has 0 spiro atoms. The quantitative estimate of drug-likeness (QED) is 0.761. The largest absolute Gasteiger partial charge is 0.244 e. The van der Waals surface area contributed by atoms with Crippen LogP contribution in [0, 0.1) is 0 Å². The van der Waals surface area contributed by atoms with Gasteiger partial charge in [-0.2, -0.15) is 4.31 Å². The first-order valence-corrected chi connectivity index (χ1v) is 8.64. The molecule has 0 bridgehead atoms. The average molecular weight is 373 g/mol. The molecule has 3 nitrogen and oxygen atoms in total. The van der Waals surface area contributed by atoms with Gasteiger partial charge in [-0.15, -0.1) is 11.6 Å². The topological polar surface area (TPSA) is 37.4 Å². The van der Waals surface area contributed by atoms with E-state index in [0.29, 0.717) is 12.4 Å². The fraction of sp³-hybridized carbons (Fsp3) is 0.455. The minimum atomic E-state index is -3.55. The van der Waals surface area contributed by atoms with Gasteiger partial charge in [0.15, 0.2) is 0 Å². The molecular formula is C11H12BrCl2NO2S. The fourth-order valence-corrected chi connectivity index (χ4v) is 5.20. The summed E-state index contributed by atoms with van der Waals surface area (Å²) in [6, 6.07) is 4.65. The molecule has 1 unspecified atom stereocenters. The molecule has 100 valence electrons. The summed E-state index contributed by atoms with van der Waals surface area (Å²) in [6.07, 6.45) is 1.64. The number of alkyl halides is 1. The van der Waals surface area contributed by atoms with E-state index in [9.17, 15) is 8.42 Å². The molecule has 1 aliphatic rings. The lowest BCUT2D eigenvalue weighted by Crippen LogP contribution is -2.36. The van der Waals surface area contributed by atoms with Gasteiger partial charge in [-0.25, -0.2) is 8.42 Å². The lowest BCUT2D eigenvalue weighted by molar-refractivity contribution is 0.411. The summed E-state index contributed by atoms with van der Waals surface area (Å²) in [5.41, 5.74) is 0.